The SMILES string of the molecule is CCc1cccc(CC)c1C(=O)C(F)C(=O)C(C)(C)C. The Morgan fingerprint density at radius 1 is 1.10 bits per heavy atom. The maximum Gasteiger partial charge on any atom is 0.221 e. The summed E-state index contributed by atoms with van der Waals surface area (Å²) in [6.45, 7) is 8.72. The molecule has 0 heterocycles. The fourth-order valence-electron chi connectivity index (χ4n) is 2.19. The first-order valence-corrected chi connectivity index (χ1v) is 7.07. The summed E-state index contributed by atoms with van der Waals surface area (Å²) in [5.74, 6) is -1.35. The van der Waals surface area contributed by atoms with Crippen molar-refractivity contribution in [3.8, 4) is 0 Å². The minimum atomic E-state index is -2.08. The van der Waals surface area contributed by atoms with Crippen LogP contribution in [0.25, 0.3) is 0 Å². The number of hydrogen-bond donors (Lipinski definition) is 0. The second kappa shape index (κ2) is 6.29. The average Bonchev–Trinajstić information content (AvgIpc) is 2.42. The zero-order chi connectivity index (χ0) is 15.5. The zero-order valence-corrected chi connectivity index (χ0v) is 12.9. The van der Waals surface area contributed by atoms with Crippen molar-refractivity contribution in [2.45, 2.75) is 53.6 Å². The topological polar surface area (TPSA) is 34.1 Å². The Morgan fingerprint density at radius 2 is 1.55 bits per heavy atom. The Morgan fingerprint density at radius 3 is 1.90 bits per heavy atom. The quantitative estimate of drug-likeness (QED) is 0.603. The number of rotatable bonds is 5. The van der Waals surface area contributed by atoms with Crippen molar-refractivity contribution in [3.05, 3.63) is 34.9 Å². The van der Waals surface area contributed by atoms with Crippen LogP contribution >= 0.6 is 0 Å². The van der Waals surface area contributed by atoms with Gasteiger partial charge in [-0.15, -0.1) is 0 Å². The lowest BCUT2D eigenvalue weighted by atomic mass is 9.84. The third-order valence-electron chi connectivity index (χ3n) is 3.44. The van der Waals surface area contributed by atoms with Crippen molar-refractivity contribution in [1.82, 2.24) is 0 Å². The zero-order valence-electron chi connectivity index (χ0n) is 12.9. The van der Waals surface area contributed by atoms with Gasteiger partial charge in [0.05, 0.1) is 0 Å². The van der Waals surface area contributed by atoms with Crippen LogP contribution in [0.15, 0.2) is 18.2 Å². The van der Waals surface area contributed by atoms with Gasteiger partial charge in [-0.2, -0.15) is 0 Å². The lowest BCUT2D eigenvalue weighted by molar-refractivity contribution is -0.129. The Bertz CT molecular complexity index is 490. The van der Waals surface area contributed by atoms with E-state index in [4.69, 9.17) is 0 Å². The molecule has 0 bridgehead atoms. The maximum absolute atomic E-state index is 14.3. The number of carbonyl (C=O) groups excluding carboxylic acids is 2. The van der Waals surface area contributed by atoms with Crippen LogP contribution in [0, 0.1) is 5.41 Å². The number of alkyl halides is 1. The first kappa shape index (κ1) is 16.5. The predicted molar refractivity (Wildman–Crippen MR) is 78.9 cm³/mol. The van der Waals surface area contributed by atoms with Crippen molar-refractivity contribution in [2.75, 3.05) is 0 Å². The fourth-order valence-corrected chi connectivity index (χ4v) is 2.19. The van der Waals surface area contributed by atoms with Crippen LogP contribution in [0.5, 0.6) is 0 Å². The molecule has 3 heteroatoms. The molecule has 0 aliphatic carbocycles. The average molecular weight is 278 g/mol. The van der Waals surface area contributed by atoms with E-state index in [9.17, 15) is 14.0 Å². The Labute approximate surface area is 120 Å². The van der Waals surface area contributed by atoms with E-state index in [2.05, 4.69) is 0 Å². The largest absolute Gasteiger partial charge is 0.295 e. The molecule has 0 amide bonds. The van der Waals surface area contributed by atoms with Crippen LogP contribution in [0.4, 0.5) is 4.39 Å². The summed E-state index contributed by atoms with van der Waals surface area (Å²) in [6, 6.07) is 5.51. The van der Waals surface area contributed by atoms with E-state index in [1.165, 1.54) is 0 Å². The maximum atomic E-state index is 14.3. The van der Waals surface area contributed by atoms with Crippen LogP contribution in [0.3, 0.4) is 0 Å². The van der Waals surface area contributed by atoms with Crippen LogP contribution in [-0.2, 0) is 17.6 Å². The number of carbonyl (C=O) groups is 2. The summed E-state index contributed by atoms with van der Waals surface area (Å²) in [5, 5.41) is 0. The lowest BCUT2D eigenvalue weighted by Crippen LogP contribution is -2.36. The molecule has 1 unspecified atom stereocenters. The van der Waals surface area contributed by atoms with Gasteiger partial charge in [0.1, 0.15) is 0 Å². The minimum Gasteiger partial charge on any atom is -0.295 e. The molecule has 0 spiro atoms. The molecule has 0 aliphatic rings. The summed E-state index contributed by atoms with van der Waals surface area (Å²) < 4.78 is 14.3. The van der Waals surface area contributed by atoms with Crippen LogP contribution in [0.2, 0.25) is 0 Å². The molecule has 1 atom stereocenters. The van der Waals surface area contributed by atoms with E-state index in [1.807, 2.05) is 32.0 Å². The molecule has 20 heavy (non-hydrogen) atoms. The summed E-state index contributed by atoms with van der Waals surface area (Å²) in [4.78, 5) is 24.4. The molecule has 1 rings (SSSR count). The highest BCUT2D eigenvalue weighted by atomic mass is 19.1. The van der Waals surface area contributed by atoms with E-state index in [-0.39, 0.29) is 0 Å². The van der Waals surface area contributed by atoms with Gasteiger partial charge in [0.15, 0.2) is 5.78 Å². The normalized spacial score (nSPS) is 13.1. The molecule has 0 aliphatic heterocycles. The van der Waals surface area contributed by atoms with Crippen molar-refractivity contribution >= 4 is 11.6 Å². The molecule has 110 valence electrons. The molecule has 0 saturated carbocycles. The monoisotopic (exact) mass is 278 g/mol. The van der Waals surface area contributed by atoms with Crippen molar-refractivity contribution in [1.29, 1.82) is 0 Å². The molecule has 0 N–H and O–H groups in total. The molecular weight excluding hydrogens is 255 g/mol. The van der Waals surface area contributed by atoms with Crippen molar-refractivity contribution in [2.24, 2.45) is 5.41 Å². The smallest absolute Gasteiger partial charge is 0.221 e. The lowest BCUT2D eigenvalue weighted by Gasteiger charge is -2.20. The predicted octanol–water partition coefficient (Wildman–Crippen LogP) is 3.95. The van der Waals surface area contributed by atoms with Crippen LogP contribution in [0.1, 0.15) is 56.1 Å². The van der Waals surface area contributed by atoms with Gasteiger partial charge in [-0.05, 0) is 24.0 Å². The molecule has 0 aromatic heterocycles. The Hall–Kier alpha value is -1.51. The van der Waals surface area contributed by atoms with Crippen LogP contribution in [-0.4, -0.2) is 17.7 Å². The van der Waals surface area contributed by atoms with E-state index in [0.29, 0.717) is 18.4 Å². The Kier molecular flexibility index (Phi) is 5.21. The summed E-state index contributed by atoms with van der Waals surface area (Å²) in [6.07, 6.45) is -0.788. The minimum absolute atomic E-state index is 0.391. The molecule has 0 fully saturated rings. The number of ketones is 2. The first-order valence-electron chi connectivity index (χ1n) is 7.07. The fraction of sp³-hybridized carbons (Fsp3) is 0.529. The van der Waals surface area contributed by atoms with Gasteiger partial charge in [-0.1, -0.05) is 52.8 Å². The molecule has 0 saturated heterocycles. The number of aryl methyl sites for hydroxylation is 2. The van der Waals surface area contributed by atoms with E-state index < -0.39 is 23.2 Å². The van der Waals surface area contributed by atoms with E-state index >= 15 is 0 Å². The first-order chi connectivity index (χ1) is 9.23. The van der Waals surface area contributed by atoms with Crippen molar-refractivity contribution in [3.63, 3.8) is 0 Å². The third-order valence-corrected chi connectivity index (χ3v) is 3.44. The number of hydrogen-bond acceptors (Lipinski definition) is 2. The molecule has 0 radical (unpaired) electrons. The molecule has 1 aromatic rings. The van der Waals surface area contributed by atoms with Gasteiger partial charge in [0.25, 0.3) is 0 Å². The molecular formula is C17H23FO2. The van der Waals surface area contributed by atoms with Gasteiger partial charge in [-0.25, -0.2) is 4.39 Å². The summed E-state index contributed by atoms with van der Waals surface area (Å²) in [5.41, 5.74) is 1.14. The number of halogens is 1. The van der Waals surface area contributed by atoms with Gasteiger partial charge in [0.2, 0.25) is 12.0 Å². The van der Waals surface area contributed by atoms with Crippen LogP contribution < -0.4 is 0 Å². The van der Waals surface area contributed by atoms with Gasteiger partial charge < -0.3 is 0 Å². The third kappa shape index (κ3) is 3.33. The van der Waals surface area contributed by atoms with E-state index in [0.717, 1.165) is 11.1 Å². The molecule has 1 aromatic carbocycles. The van der Waals surface area contributed by atoms with Gasteiger partial charge in [-0.3, -0.25) is 9.59 Å². The summed E-state index contributed by atoms with van der Waals surface area (Å²) in [7, 11) is 0. The number of Topliss-reactive ketones (excluding diaryl/α,β-unsaturated/α-hetero) is 2. The Balaban J connectivity index is 3.24. The highest BCUT2D eigenvalue weighted by Gasteiger charge is 2.36. The van der Waals surface area contributed by atoms with Crippen molar-refractivity contribution < 1.29 is 14.0 Å². The summed E-state index contributed by atoms with van der Waals surface area (Å²) >= 11 is 0. The number of benzene rings is 1. The molecule has 2 nitrogen and oxygen atoms in total. The standard InChI is InChI=1S/C17H23FO2/c1-6-11-9-8-10-12(7-2)13(11)15(19)14(18)16(20)17(3,4)5/h8-10,14H,6-7H2,1-5H3. The van der Waals surface area contributed by atoms with Gasteiger partial charge in [0, 0.05) is 11.0 Å². The second-order valence-corrected chi connectivity index (χ2v) is 6.00. The highest BCUT2D eigenvalue weighted by molar-refractivity contribution is 6.15. The highest BCUT2D eigenvalue weighted by Crippen LogP contribution is 2.24. The second-order valence-electron chi connectivity index (χ2n) is 6.00. The van der Waals surface area contributed by atoms with E-state index in [1.54, 1.807) is 20.8 Å². The van der Waals surface area contributed by atoms with Gasteiger partial charge >= 0.3 is 0 Å².